The molecule has 0 bridgehead atoms. The molecule has 0 heterocycles. The van der Waals surface area contributed by atoms with E-state index in [4.69, 9.17) is 28.9 Å². The highest BCUT2D eigenvalue weighted by Crippen LogP contribution is 2.62. The first-order chi connectivity index (χ1) is 7.70. The Bertz CT molecular complexity index is 408. The normalized spacial score (nSPS) is 33.6. The molecule has 1 nitrogen and oxygen atoms in total. The van der Waals surface area contributed by atoms with Crippen molar-refractivity contribution in [1.29, 1.82) is 0 Å². The van der Waals surface area contributed by atoms with Gasteiger partial charge in [0, 0.05) is 6.04 Å². The number of benzene rings is 1. The molecule has 2 aliphatic carbocycles. The first kappa shape index (κ1) is 10.9. The summed E-state index contributed by atoms with van der Waals surface area (Å²) < 4.78 is 0. The molecule has 16 heavy (non-hydrogen) atoms. The van der Waals surface area contributed by atoms with E-state index in [-0.39, 0.29) is 6.04 Å². The number of fused-ring (bicyclic) bond motifs is 1. The minimum atomic E-state index is 0.0708. The lowest BCUT2D eigenvalue weighted by Crippen LogP contribution is -2.16. The lowest BCUT2D eigenvalue weighted by Gasteiger charge is -2.16. The van der Waals surface area contributed by atoms with E-state index in [2.05, 4.69) is 0 Å². The summed E-state index contributed by atoms with van der Waals surface area (Å²) in [6.07, 6.45) is 4.07. The third-order valence-corrected chi connectivity index (χ3v) is 5.06. The van der Waals surface area contributed by atoms with Crippen LogP contribution in [-0.2, 0) is 0 Å². The number of nitrogens with two attached hydrogens (primary N) is 1. The second-order valence-electron chi connectivity index (χ2n) is 5.00. The highest BCUT2D eigenvalue weighted by molar-refractivity contribution is 6.42. The Morgan fingerprint density at radius 3 is 2.56 bits per heavy atom. The maximum Gasteiger partial charge on any atom is 0.0640 e. The van der Waals surface area contributed by atoms with Gasteiger partial charge < -0.3 is 5.73 Å². The summed E-state index contributed by atoms with van der Waals surface area (Å²) in [5.41, 5.74) is 7.34. The van der Waals surface area contributed by atoms with Gasteiger partial charge in [0.2, 0.25) is 0 Å². The molecule has 1 aromatic carbocycles. The Morgan fingerprint density at radius 2 is 1.88 bits per heavy atom. The molecule has 3 rings (SSSR count). The van der Waals surface area contributed by atoms with E-state index in [1.807, 2.05) is 18.2 Å². The maximum atomic E-state index is 6.32. The van der Waals surface area contributed by atoms with Crippen molar-refractivity contribution in [2.75, 3.05) is 0 Å². The van der Waals surface area contributed by atoms with Gasteiger partial charge in [-0.25, -0.2) is 0 Å². The van der Waals surface area contributed by atoms with Crippen LogP contribution in [0, 0.1) is 17.8 Å². The van der Waals surface area contributed by atoms with Gasteiger partial charge in [-0.3, -0.25) is 0 Å². The van der Waals surface area contributed by atoms with Gasteiger partial charge in [-0.1, -0.05) is 41.8 Å². The lowest BCUT2D eigenvalue weighted by atomic mass is 9.98. The molecular formula is C13H15Cl2N. The molecule has 2 fully saturated rings. The van der Waals surface area contributed by atoms with E-state index in [0.29, 0.717) is 16.0 Å². The number of hydrogen-bond acceptors (Lipinski definition) is 1. The maximum absolute atomic E-state index is 6.32. The van der Waals surface area contributed by atoms with Crippen molar-refractivity contribution in [1.82, 2.24) is 0 Å². The predicted octanol–water partition coefficient (Wildman–Crippen LogP) is 4.04. The molecule has 0 aliphatic heterocycles. The molecule has 0 spiro atoms. The van der Waals surface area contributed by atoms with Crippen molar-refractivity contribution in [2.45, 2.75) is 25.3 Å². The molecule has 3 heteroatoms. The van der Waals surface area contributed by atoms with Gasteiger partial charge >= 0.3 is 0 Å². The van der Waals surface area contributed by atoms with Gasteiger partial charge in [0.1, 0.15) is 0 Å². The molecule has 86 valence electrons. The van der Waals surface area contributed by atoms with Crippen molar-refractivity contribution in [3.8, 4) is 0 Å². The van der Waals surface area contributed by atoms with Crippen LogP contribution in [0.15, 0.2) is 18.2 Å². The van der Waals surface area contributed by atoms with Gasteiger partial charge in [-0.2, -0.15) is 0 Å². The molecule has 2 aliphatic rings. The first-order valence-electron chi connectivity index (χ1n) is 5.89. The molecule has 2 N–H and O–H groups in total. The van der Waals surface area contributed by atoms with Crippen molar-refractivity contribution >= 4 is 23.2 Å². The molecule has 0 saturated heterocycles. The molecule has 2 saturated carbocycles. The van der Waals surface area contributed by atoms with Crippen LogP contribution in [0.5, 0.6) is 0 Å². The van der Waals surface area contributed by atoms with E-state index < -0.39 is 0 Å². The zero-order chi connectivity index (χ0) is 11.3. The van der Waals surface area contributed by atoms with Crippen LogP contribution in [0.2, 0.25) is 10.0 Å². The zero-order valence-electron chi connectivity index (χ0n) is 9.00. The van der Waals surface area contributed by atoms with E-state index in [9.17, 15) is 0 Å². The summed E-state index contributed by atoms with van der Waals surface area (Å²) in [5, 5.41) is 1.25. The minimum absolute atomic E-state index is 0.0708. The van der Waals surface area contributed by atoms with Gasteiger partial charge in [0.05, 0.1) is 10.0 Å². The quantitative estimate of drug-likeness (QED) is 0.849. The van der Waals surface area contributed by atoms with Crippen LogP contribution in [0.3, 0.4) is 0 Å². The van der Waals surface area contributed by atoms with E-state index >= 15 is 0 Å². The highest BCUT2D eigenvalue weighted by atomic mass is 35.5. The van der Waals surface area contributed by atoms with Crippen molar-refractivity contribution in [3.63, 3.8) is 0 Å². The van der Waals surface area contributed by atoms with E-state index in [0.717, 1.165) is 17.4 Å². The summed E-state index contributed by atoms with van der Waals surface area (Å²) in [6.45, 7) is 0. The van der Waals surface area contributed by atoms with E-state index in [1.54, 1.807) is 0 Å². The Kier molecular flexibility index (Phi) is 2.66. The molecule has 1 aromatic rings. The first-order valence-corrected chi connectivity index (χ1v) is 6.65. The molecule has 0 aromatic heterocycles. The topological polar surface area (TPSA) is 26.0 Å². The Morgan fingerprint density at radius 1 is 1.19 bits per heavy atom. The number of rotatable bonds is 2. The van der Waals surface area contributed by atoms with Crippen LogP contribution in [-0.4, -0.2) is 0 Å². The second-order valence-corrected chi connectivity index (χ2v) is 5.79. The van der Waals surface area contributed by atoms with Crippen LogP contribution in [0.25, 0.3) is 0 Å². The molecule has 3 unspecified atom stereocenters. The molecule has 0 radical (unpaired) electrons. The van der Waals surface area contributed by atoms with Crippen LogP contribution in [0.1, 0.15) is 30.9 Å². The SMILES string of the molecule is NC(c1cccc(Cl)c1Cl)C1C2CCCC21. The average Bonchev–Trinajstić information content (AvgIpc) is 2.75. The standard InChI is InChI=1S/C13H15Cl2N/c14-10-6-2-5-9(12(10)15)13(16)11-7-3-1-4-8(7)11/h2,5-8,11,13H,1,3-4,16H2. The predicted molar refractivity (Wildman–Crippen MR) is 67.7 cm³/mol. The smallest absolute Gasteiger partial charge is 0.0640 e. The summed E-state index contributed by atoms with van der Waals surface area (Å²) in [7, 11) is 0. The third kappa shape index (κ3) is 1.57. The summed E-state index contributed by atoms with van der Waals surface area (Å²) in [5.74, 6) is 2.35. The van der Waals surface area contributed by atoms with Gasteiger partial charge in [-0.15, -0.1) is 0 Å². The van der Waals surface area contributed by atoms with Crippen LogP contribution >= 0.6 is 23.2 Å². The fourth-order valence-electron chi connectivity index (χ4n) is 3.39. The fraction of sp³-hybridized carbons (Fsp3) is 0.538. The van der Waals surface area contributed by atoms with Crippen molar-refractivity contribution in [2.24, 2.45) is 23.5 Å². The summed E-state index contributed by atoms with van der Waals surface area (Å²) in [6, 6.07) is 5.82. The molecular weight excluding hydrogens is 241 g/mol. The Balaban J connectivity index is 1.85. The number of halogens is 2. The second kappa shape index (κ2) is 3.90. The summed E-state index contributed by atoms with van der Waals surface area (Å²) in [4.78, 5) is 0. The molecule has 0 amide bonds. The largest absolute Gasteiger partial charge is 0.324 e. The van der Waals surface area contributed by atoms with Gasteiger partial charge in [-0.05, 0) is 42.2 Å². The third-order valence-electron chi connectivity index (χ3n) is 4.23. The van der Waals surface area contributed by atoms with Gasteiger partial charge in [0.15, 0.2) is 0 Å². The summed E-state index contributed by atoms with van der Waals surface area (Å²) >= 11 is 12.2. The highest BCUT2D eigenvalue weighted by Gasteiger charge is 2.55. The van der Waals surface area contributed by atoms with Crippen molar-refractivity contribution in [3.05, 3.63) is 33.8 Å². The Hall–Kier alpha value is -0.240. The fourth-order valence-corrected chi connectivity index (χ4v) is 3.83. The Labute approximate surface area is 106 Å². The van der Waals surface area contributed by atoms with Crippen LogP contribution in [0.4, 0.5) is 0 Å². The minimum Gasteiger partial charge on any atom is -0.324 e. The lowest BCUT2D eigenvalue weighted by molar-refractivity contribution is 0.502. The zero-order valence-corrected chi connectivity index (χ0v) is 10.5. The van der Waals surface area contributed by atoms with Crippen LogP contribution < -0.4 is 5.73 Å². The average molecular weight is 256 g/mol. The van der Waals surface area contributed by atoms with E-state index in [1.165, 1.54) is 19.3 Å². The van der Waals surface area contributed by atoms with Gasteiger partial charge in [0.25, 0.3) is 0 Å². The molecule has 3 atom stereocenters. The number of hydrogen-bond donors (Lipinski definition) is 1. The monoisotopic (exact) mass is 255 g/mol. The van der Waals surface area contributed by atoms with Crippen molar-refractivity contribution < 1.29 is 0 Å².